The van der Waals surface area contributed by atoms with E-state index in [9.17, 15) is 21.6 Å². The van der Waals surface area contributed by atoms with E-state index >= 15 is 0 Å². The number of aromatic nitrogens is 2. The Balaban J connectivity index is 2.05. The molecule has 0 N–H and O–H groups in total. The SMILES string of the molecule is O=S(=O)(Cl)c1ccc2c(c1)c(Br)nn2-c1ccc(OC(F)(F)F)cc1. The summed E-state index contributed by atoms with van der Waals surface area (Å²) in [6.45, 7) is 0. The zero-order chi connectivity index (χ0) is 18.4. The third-order valence-corrected chi connectivity index (χ3v) is 5.14. The fourth-order valence-electron chi connectivity index (χ4n) is 2.20. The summed E-state index contributed by atoms with van der Waals surface area (Å²) in [5, 5.41) is 4.70. The van der Waals surface area contributed by atoms with Gasteiger partial charge in [0, 0.05) is 16.1 Å². The number of halogens is 5. The lowest BCUT2D eigenvalue weighted by atomic mass is 10.2. The second kappa shape index (κ2) is 6.19. The van der Waals surface area contributed by atoms with Crippen LogP contribution in [-0.4, -0.2) is 24.6 Å². The lowest BCUT2D eigenvalue weighted by molar-refractivity contribution is -0.274. The Bertz CT molecular complexity index is 1050. The molecule has 0 amide bonds. The molecule has 132 valence electrons. The molecule has 0 saturated heterocycles. The van der Waals surface area contributed by atoms with Gasteiger partial charge in [-0.05, 0) is 58.4 Å². The minimum Gasteiger partial charge on any atom is -0.406 e. The summed E-state index contributed by atoms with van der Waals surface area (Å²) in [6, 6.07) is 9.27. The minimum absolute atomic E-state index is 0.0872. The van der Waals surface area contributed by atoms with Crippen LogP contribution in [0.4, 0.5) is 13.2 Å². The molecule has 1 aromatic heterocycles. The van der Waals surface area contributed by atoms with Crippen LogP contribution < -0.4 is 4.74 Å². The maximum Gasteiger partial charge on any atom is 0.573 e. The minimum atomic E-state index is -4.77. The Morgan fingerprint density at radius 2 is 1.76 bits per heavy atom. The van der Waals surface area contributed by atoms with E-state index in [0.29, 0.717) is 21.2 Å². The number of ether oxygens (including phenoxy) is 1. The quantitative estimate of drug-likeness (QED) is 0.541. The van der Waals surface area contributed by atoms with Gasteiger partial charge in [0.25, 0.3) is 9.05 Å². The summed E-state index contributed by atoms with van der Waals surface area (Å²) in [5.74, 6) is -0.359. The van der Waals surface area contributed by atoms with Crippen molar-refractivity contribution in [2.24, 2.45) is 0 Å². The highest BCUT2D eigenvalue weighted by Crippen LogP contribution is 2.30. The number of hydrogen-bond donors (Lipinski definition) is 0. The first-order valence-electron chi connectivity index (χ1n) is 6.54. The van der Waals surface area contributed by atoms with Gasteiger partial charge < -0.3 is 4.74 Å². The Morgan fingerprint density at radius 3 is 2.32 bits per heavy atom. The van der Waals surface area contributed by atoms with Crippen molar-refractivity contribution in [2.75, 3.05) is 0 Å². The smallest absolute Gasteiger partial charge is 0.406 e. The van der Waals surface area contributed by atoms with Crippen LogP contribution in [0.3, 0.4) is 0 Å². The van der Waals surface area contributed by atoms with Crippen molar-refractivity contribution < 1.29 is 26.3 Å². The summed E-state index contributed by atoms with van der Waals surface area (Å²) < 4.78 is 65.1. The van der Waals surface area contributed by atoms with E-state index in [4.69, 9.17) is 10.7 Å². The molecule has 0 radical (unpaired) electrons. The maximum atomic E-state index is 12.2. The molecule has 0 unspecified atom stereocenters. The second-order valence-corrected chi connectivity index (χ2v) is 8.18. The molecular formula is C14H7BrClF3N2O3S. The van der Waals surface area contributed by atoms with E-state index in [1.54, 1.807) is 0 Å². The summed E-state index contributed by atoms with van der Waals surface area (Å²) in [6.07, 6.45) is -4.77. The molecule has 0 aliphatic heterocycles. The molecule has 0 aliphatic rings. The van der Waals surface area contributed by atoms with Gasteiger partial charge in [0.1, 0.15) is 10.4 Å². The van der Waals surface area contributed by atoms with Crippen molar-refractivity contribution in [1.29, 1.82) is 0 Å². The lowest BCUT2D eigenvalue weighted by Crippen LogP contribution is -2.17. The van der Waals surface area contributed by atoms with Gasteiger partial charge in [0.05, 0.1) is 16.1 Å². The molecule has 3 rings (SSSR count). The number of benzene rings is 2. The average Bonchev–Trinajstić information content (AvgIpc) is 2.82. The summed E-state index contributed by atoms with van der Waals surface area (Å²) in [7, 11) is 1.43. The van der Waals surface area contributed by atoms with Crippen LogP contribution in [0.1, 0.15) is 0 Å². The van der Waals surface area contributed by atoms with Crippen molar-refractivity contribution >= 4 is 46.6 Å². The third kappa shape index (κ3) is 3.91. The van der Waals surface area contributed by atoms with Crippen LogP contribution in [0.25, 0.3) is 16.6 Å². The Labute approximate surface area is 152 Å². The van der Waals surface area contributed by atoms with Crippen LogP contribution in [0.2, 0.25) is 0 Å². The van der Waals surface area contributed by atoms with Crippen LogP contribution >= 0.6 is 26.6 Å². The van der Waals surface area contributed by atoms with Crippen molar-refractivity contribution in [3.8, 4) is 11.4 Å². The number of rotatable bonds is 3. The summed E-state index contributed by atoms with van der Waals surface area (Å²) in [5.41, 5.74) is 1.01. The number of fused-ring (bicyclic) bond motifs is 1. The van der Waals surface area contributed by atoms with E-state index < -0.39 is 15.4 Å². The Hall–Kier alpha value is -1.78. The van der Waals surface area contributed by atoms with Crippen LogP contribution in [0, 0.1) is 0 Å². The molecule has 25 heavy (non-hydrogen) atoms. The van der Waals surface area contributed by atoms with Crippen LogP contribution in [0.5, 0.6) is 5.75 Å². The predicted molar refractivity (Wildman–Crippen MR) is 88.5 cm³/mol. The van der Waals surface area contributed by atoms with Crippen LogP contribution in [-0.2, 0) is 9.05 Å². The van der Waals surface area contributed by atoms with E-state index in [2.05, 4.69) is 25.8 Å². The van der Waals surface area contributed by atoms with E-state index in [1.807, 2.05) is 0 Å². The van der Waals surface area contributed by atoms with Crippen molar-refractivity contribution in [3.63, 3.8) is 0 Å². The number of nitrogens with zero attached hydrogens (tertiary/aromatic N) is 2. The molecule has 11 heteroatoms. The molecule has 0 spiro atoms. The highest BCUT2D eigenvalue weighted by atomic mass is 79.9. The Morgan fingerprint density at radius 1 is 1.12 bits per heavy atom. The average molecular weight is 456 g/mol. The van der Waals surface area contributed by atoms with Gasteiger partial charge in [-0.25, -0.2) is 13.1 Å². The monoisotopic (exact) mass is 454 g/mol. The van der Waals surface area contributed by atoms with E-state index in [0.717, 1.165) is 12.1 Å². The topological polar surface area (TPSA) is 61.2 Å². The van der Waals surface area contributed by atoms with E-state index in [1.165, 1.54) is 35.0 Å². The van der Waals surface area contributed by atoms with Crippen LogP contribution in [0.15, 0.2) is 52.0 Å². The molecule has 2 aromatic carbocycles. The fourth-order valence-corrected chi connectivity index (χ4v) is 3.45. The molecule has 0 fully saturated rings. The molecule has 3 aromatic rings. The van der Waals surface area contributed by atoms with Gasteiger partial charge in [0.15, 0.2) is 0 Å². The normalized spacial score (nSPS) is 12.5. The van der Waals surface area contributed by atoms with Gasteiger partial charge in [-0.2, -0.15) is 5.10 Å². The van der Waals surface area contributed by atoms with Gasteiger partial charge in [-0.1, -0.05) is 0 Å². The first kappa shape index (κ1) is 18.0. The molecule has 0 aliphatic carbocycles. The van der Waals surface area contributed by atoms with Gasteiger partial charge in [-0.3, -0.25) is 0 Å². The highest BCUT2D eigenvalue weighted by molar-refractivity contribution is 9.10. The second-order valence-electron chi connectivity index (χ2n) is 4.86. The molecule has 0 bridgehead atoms. The molecule has 0 atom stereocenters. The first-order chi connectivity index (χ1) is 11.5. The number of alkyl halides is 3. The zero-order valence-electron chi connectivity index (χ0n) is 12.0. The molecular weight excluding hydrogens is 449 g/mol. The van der Waals surface area contributed by atoms with Crippen molar-refractivity contribution in [3.05, 3.63) is 47.1 Å². The predicted octanol–water partition coefficient (Wildman–Crippen LogP) is 4.61. The summed E-state index contributed by atoms with van der Waals surface area (Å²) in [4.78, 5) is -0.0872. The van der Waals surface area contributed by atoms with Gasteiger partial charge in [0.2, 0.25) is 0 Å². The zero-order valence-corrected chi connectivity index (χ0v) is 15.1. The van der Waals surface area contributed by atoms with Gasteiger partial charge >= 0.3 is 6.36 Å². The van der Waals surface area contributed by atoms with Crippen molar-refractivity contribution in [1.82, 2.24) is 9.78 Å². The highest BCUT2D eigenvalue weighted by Gasteiger charge is 2.31. The lowest BCUT2D eigenvalue weighted by Gasteiger charge is -2.09. The standard InChI is InChI=1S/C14H7BrClF3N2O3S/c15-13-11-7-10(25(16,22)23)5-6-12(11)21(20-13)8-1-3-9(4-2-8)24-14(17,18)19/h1-7H. The molecule has 1 heterocycles. The molecule has 0 saturated carbocycles. The third-order valence-electron chi connectivity index (χ3n) is 3.20. The van der Waals surface area contributed by atoms with E-state index in [-0.39, 0.29) is 10.6 Å². The Kier molecular flexibility index (Phi) is 4.46. The van der Waals surface area contributed by atoms with Crippen molar-refractivity contribution in [2.45, 2.75) is 11.3 Å². The number of hydrogen-bond acceptors (Lipinski definition) is 4. The maximum absolute atomic E-state index is 12.2. The first-order valence-corrected chi connectivity index (χ1v) is 9.64. The fraction of sp³-hybridized carbons (Fsp3) is 0.0714. The molecule has 5 nitrogen and oxygen atoms in total. The summed E-state index contributed by atoms with van der Waals surface area (Å²) >= 11 is 3.23. The largest absolute Gasteiger partial charge is 0.573 e. The van der Waals surface area contributed by atoms with Gasteiger partial charge in [-0.15, -0.1) is 13.2 Å².